The summed E-state index contributed by atoms with van der Waals surface area (Å²) in [6.07, 6.45) is 3.57. The molecule has 0 aromatic carbocycles. The van der Waals surface area contributed by atoms with Crippen LogP contribution in [0.25, 0.3) is 0 Å². The first-order chi connectivity index (χ1) is 7.27. The highest BCUT2D eigenvalue weighted by Gasteiger charge is 2.13. The maximum Gasteiger partial charge on any atom is 0.243 e. The van der Waals surface area contributed by atoms with Gasteiger partial charge in [0.1, 0.15) is 0 Å². The van der Waals surface area contributed by atoms with Crippen LogP contribution in [0.15, 0.2) is 4.52 Å². The fourth-order valence-corrected chi connectivity index (χ4v) is 1.33. The van der Waals surface area contributed by atoms with Crippen LogP contribution in [0, 0.1) is 0 Å². The van der Waals surface area contributed by atoms with Crippen LogP contribution < -0.4 is 5.73 Å². The Morgan fingerprint density at radius 1 is 1.53 bits per heavy atom. The van der Waals surface area contributed by atoms with E-state index in [9.17, 15) is 0 Å². The highest BCUT2D eigenvalue weighted by molar-refractivity contribution is 4.91. The number of hydrogen-bond donors (Lipinski definition) is 1. The molecule has 0 bridgehead atoms. The Balaban J connectivity index is 2.41. The lowest BCUT2D eigenvalue weighted by atomic mass is 10.2. The molecule has 0 spiro atoms. The molecule has 1 aromatic rings. The number of hydrogen-bond acceptors (Lipinski definition) is 5. The lowest BCUT2D eigenvalue weighted by Crippen LogP contribution is -2.10. The second kappa shape index (κ2) is 6.53. The minimum absolute atomic E-state index is 0.126. The van der Waals surface area contributed by atoms with Crippen molar-refractivity contribution in [1.82, 2.24) is 10.1 Å². The smallest absolute Gasteiger partial charge is 0.243 e. The topological polar surface area (TPSA) is 74.2 Å². The Kier molecular flexibility index (Phi) is 5.28. The molecular formula is C10H19N3O2. The summed E-state index contributed by atoms with van der Waals surface area (Å²) in [7, 11) is 1.68. The van der Waals surface area contributed by atoms with Crippen molar-refractivity contribution in [3.05, 3.63) is 11.7 Å². The number of aryl methyl sites for hydroxylation is 1. The van der Waals surface area contributed by atoms with Gasteiger partial charge >= 0.3 is 0 Å². The van der Waals surface area contributed by atoms with Gasteiger partial charge < -0.3 is 15.0 Å². The second-order valence-electron chi connectivity index (χ2n) is 3.54. The average Bonchev–Trinajstić information content (AvgIpc) is 2.67. The highest BCUT2D eigenvalue weighted by atomic mass is 16.5. The molecule has 0 radical (unpaired) electrons. The van der Waals surface area contributed by atoms with Crippen LogP contribution in [0.5, 0.6) is 0 Å². The van der Waals surface area contributed by atoms with Gasteiger partial charge in [-0.3, -0.25) is 0 Å². The van der Waals surface area contributed by atoms with Gasteiger partial charge in [-0.05, 0) is 12.8 Å². The van der Waals surface area contributed by atoms with Crippen molar-refractivity contribution in [2.75, 3.05) is 13.7 Å². The lowest BCUT2D eigenvalue weighted by molar-refractivity contribution is 0.194. The van der Waals surface area contributed by atoms with Gasteiger partial charge in [0.2, 0.25) is 5.89 Å². The first-order valence-electron chi connectivity index (χ1n) is 5.35. The third-order valence-electron chi connectivity index (χ3n) is 2.15. The Hall–Kier alpha value is -0.940. The molecule has 2 N–H and O–H groups in total. The molecule has 0 aliphatic rings. The summed E-state index contributed by atoms with van der Waals surface area (Å²) in [5.74, 6) is 1.26. The lowest BCUT2D eigenvalue weighted by Gasteiger charge is -2.02. The van der Waals surface area contributed by atoms with E-state index in [0.717, 1.165) is 25.7 Å². The predicted octanol–water partition coefficient (Wildman–Crippen LogP) is 1.45. The van der Waals surface area contributed by atoms with Crippen LogP contribution in [0.4, 0.5) is 0 Å². The summed E-state index contributed by atoms with van der Waals surface area (Å²) in [4.78, 5) is 4.24. The van der Waals surface area contributed by atoms with Gasteiger partial charge in [0.25, 0.3) is 0 Å². The molecule has 1 heterocycles. The molecule has 0 saturated carbocycles. The van der Waals surface area contributed by atoms with Crippen LogP contribution >= 0.6 is 0 Å². The molecule has 0 unspecified atom stereocenters. The van der Waals surface area contributed by atoms with E-state index in [-0.39, 0.29) is 6.04 Å². The number of aromatic nitrogens is 2. The molecule has 86 valence electrons. The average molecular weight is 213 g/mol. The molecule has 5 heteroatoms. The van der Waals surface area contributed by atoms with Crippen LogP contribution in [-0.2, 0) is 11.2 Å². The second-order valence-corrected chi connectivity index (χ2v) is 3.54. The summed E-state index contributed by atoms with van der Waals surface area (Å²) in [5, 5.41) is 3.87. The van der Waals surface area contributed by atoms with Gasteiger partial charge in [-0.2, -0.15) is 4.98 Å². The van der Waals surface area contributed by atoms with E-state index in [1.165, 1.54) is 0 Å². The van der Waals surface area contributed by atoms with Crippen LogP contribution in [-0.4, -0.2) is 23.9 Å². The van der Waals surface area contributed by atoms with E-state index in [0.29, 0.717) is 18.3 Å². The summed E-state index contributed by atoms with van der Waals surface area (Å²) in [6, 6.07) is -0.126. The fourth-order valence-electron chi connectivity index (χ4n) is 1.33. The summed E-state index contributed by atoms with van der Waals surface area (Å²) in [6.45, 7) is 2.79. The Morgan fingerprint density at radius 2 is 2.33 bits per heavy atom. The SMILES string of the molecule is CCC[C@@H](N)c1nc(CCCOC)no1. The van der Waals surface area contributed by atoms with Gasteiger partial charge in [0.15, 0.2) is 5.82 Å². The molecule has 0 aliphatic carbocycles. The van der Waals surface area contributed by atoms with Crippen LogP contribution in [0.3, 0.4) is 0 Å². The van der Waals surface area contributed by atoms with Gasteiger partial charge in [-0.25, -0.2) is 0 Å². The van der Waals surface area contributed by atoms with Crippen LogP contribution in [0.1, 0.15) is 43.9 Å². The number of ether oxygens (including phenoxy) is 1. The van der Waals surface area contributed by atoms with Crippen molar-refractivity contribution in [3.63, 3.8) is 0 Å². The number of rotatable bonds is 7. The Labute approximate surface area is 90.0 Å². The maximum absolute atomic E-state index is 5.85. The molecule has 1 rings (SSSR count). The third kappa shape index (κ3) is 3.97. The fraction of sp³-hybridized carbons (Fsp3) is 0.800. The van der Waals surface area contributed by atoms with Gasteiger partial charge in [0.05, 0.1) is 6.04 Å². The highest BCUT2D eigenvalue weighted by Crippen LogP contribution is 2.13. The van der Waals surface area contributed by atoms with Crippen molar-refractivity contribution in [2.45, 2.75) is 38.6 Å². The molecule has 0 saturated heterocycles. The van der Waals surface area contributed by atoms with E-state index in [1.54, 1.807) is 7.11 Å². The van der Waals surface area contributed by atoms with Crippen molar-refractivity contribution < 1.29 is 9.26 Å². The van der Waals surface area contributed by atoms with Crippen molar-refractivity contribution in [2.24, 2.45) is 5.73 Å². The maximum atomic E-state index is 5.85. The van der Waals surface area contributed by atoms with E-state index in [1.807, 2.05) is 0 Å². The number of methoxy groups -OCH3 is 1. The zero-order valence-corrected chi connectivity index (χ0v) is 9.40. The monoisotopic (exact) mass is 213 g/mol. The van der Waals surface area contributed by atoms with E-state index >= 15 is 0 Å². The zero-order chi connectivity index (χ0) is 11.1. The quantitative estimate of drug-likeness (QED) is 0.694. The Bertz CT molecular complexity index is 275. The molecule has 0 aliphatic heterocycles. The molecule has 15 heavy (non-hydrogen) atoms. The van der Waals surface area contributed by atoms with Crippen LogP contribution in [0.2, 0.25) is 0 Å². The molecule has 0 amide bonds. The van der Waals surface area contributed by atoms with Crippen molar-refractivity contribution >= 4 is 0 Å². The molecule has 1 aromatic heterocycles. The summed E-state index contributed by atoms with van der Waals surface area (Å²) < 4.78 is 10.0. The van der Waals surface area contributed by atoms with E-state index in [4.69, 9.17) is 15.0 Å². The third-order valence-corrected chi connectivity index (χ3v) is 2.15. The van der Waals surface area contributed by atoms with Crippen molar-refractivity contribution in [1.29, 1.82) is 0 Å². The minimum atomic E-state index is -0.126. The normalized spacial score (nSPS) is 13.0. The zero-order valence-electron chi connectivity index (χ0n) is 9.40. The molecular weight excluding hydrogens is 194 g/mol. The predicted molar refractivity (Wildman–Crippen MR) is 56.3 cm³/mol. The first kappa shape index (κ1) is 12.1. The van der Waals surface area contributed by atoms with E-state index < -0.39 is 0 Å². The number of nitrogens with two attached hydrogens (primary N) is 1. The molecule has 5 nitrogen and oxygen atoms in total. The van der Waals surface area contributed by atoms with Gasteiger partial charge in [-0.15, -0.1) is 0 Å². The first-order valence-corrected chi connectivity index (χ1v) is 5.35. The molecule has 1 atom stereocenters. The van der Waals surface area contributed by atoms with E-state index in [2.05, 4.69) is 17.1 Å². The van der Waals surface area contributed by atoms with Gasteiger partial charge in [-0.1, -0.05) is 18.5 Å². The molecule has 0 fully saturated rings. The largest absolute Gasteiger partial charge is 0.385 e. The van der Waals surface area contributed by atoms with Gasteiger partial charge in [0, 0.05) is 20.1 Å². The van der Waals surface area contributed by atoms with Crippen molar-refractivity contribution in [3.8, 4) is 0 Å². The Morgan fingerprint density at radius 3 is 3.00 bits per heavy atom. The summed E-state index contributed by atoms with van der Waals surface area (Å²) in [5.41, 5.74) is 5.85. The minimum Gasteiger partial charge on any atom is -0.385 e. The summed E-state index contributed by atoms with van der Waals surface area (Å²) >= 11 is 0. The standard InChI is InChI=1S/C10H19N3O2/c1-3-5-8(11)10-12-9(13-15-10)6-4-7-14-2/h8H,3-7,11H2,1-2H3/t8-/m1/s1. The number of nitrogens with zero attached hydrogens (tertiary/aromatic N) is 2.